The number of furan rings is 1. The maximum Gasteiger partial charge on any atom is 0.169 e. The van der Waals surface area contributed by atoms with E-state index in [0.717, 1.165) is 0 Å². The van der Waals surface area contributed by atoms with Crippen LogP contribution >= 0.6 is 50.5 Å². The van der Waals surface area contributed by atoms with Crippen molar-refractivity contribution in [1.29, 1.82) is 0 Å². The summed E-state index contributed by atoms with van der Waals surface area (Å²) in [6.45, 7) is 0. The van der Waals surface area contributed by atoms with Crippen LogP contribution in [0.1, 0.15) is 17.4 Å². The van der Waals surface area contributed by atoms with Gasteiger partial charge in [-0.15, -0.1) is 11.3 Å². The van der Waals surface area contributed by atoms with E-state index in [2.05, 4.69) is 15.9 Å². The minimum atomic E-state index is -0.882. The molecule has 0 aromatic carbocycles. The highest BCUT2D eigenvalue weighted by Gasteiger charge is 2.19. The summed E-state index contributed by atoms with van der Waals surface area (Å²) in [5.74, 6) is 0.429. The first-order valence-electron chi connectivity index (χ1n) is 3.96. The van der Waals surface area contributed by atoms with E-state index < -0.39 is 6.10 Å². The Bertz CT molecular complexity index is 480. The Balaban J connectivity index is 2.35. The van der Waals surface area contributed by atoms with Gasteiger partial charge in [-0.1, -0.05) is 23.2 Å². The third-order valence-electron chi connectivity index (χ3n) is 1.84. The number of thiophene rings is 1. The van der Waals surface area contributed by atoms with Crippen LogP contribution in [0.5, 0.6) is 0 Å². The summed E-state index contributed by atoms with van der Waals surface area (Å²) in [6, 6.07) is 5.02. The molecule has 2 rings (SSSR count). The quantitative estimate of drug-likeness (QED) is 0.881. The molecule has 0 saturated heterocycles. The first-order valence-corrected chi connectivity index (χ1v) is 6.32. The van der Waals surface area contributed by atoms with Crippen LogP contribution in [0.4, 0.5) is 0 Å². The van der Waals surface area contributed by atoms with Gasteiger partial charge in [0.2, 0.25) is 0 Å². The van der Waals surface area contributed by atoms with Crippen molar-refractivity contribution in [3.05, 3.63) is 42.9 Å². The second-order valence-electron chi connectivity index (χ2n) is 2.82. The van der Waals surface area contributed by atoms with Crippen LogP contribution in [0.3, 0.4) is 0 Å². The Morgan fingerprint density at radius 1 is 1.40 bits per heavy atom. The molecule has 0 spiro atoms. The van der Waals surface area contributed by atoms with E-state index in [4.69, 9.17) is 27.6 Å². The van der Waals surface area contributed by atoms with Gasteiger partial charge in [0.1, 0.15) is 16.2 Å². The molecular weight excluding hydrogens is 323 g/mol. The number of hydrogen-bond acceptors (Lipinski definition) is 3. The van der Waals surface area contributed by atoms with Crippen LogP contribution in [-0.4, -0.2) is 5.11 Å². The van der Waals surface area contributed by atoms with Crippen molar-refractivity contribution in [2.75, 3.05) is 0 Å². The number of hydrogen-bond donors (Lipinski definition) is 1. The van der Waals surface area contributed by atoms with Crippen molar-refractivity contribution in [1.82, 2.24) is 0 Å². The topological polar surface area (TPSA) is 33.4 Å². The normalized spacial score (nSPS) is 13.1. The van der Waals surface area contributed by atoms with Gasteiger partial charge in [0.05, 0.1) is 4.34 Å². The molecule has 0 bridgehead atoms. The first-order chi connectivity index (χ1) is 7.08. The van der Waals surface area contributed by atoms with Gasteiger partial charge in [-0.05, 0) is 34.1 Å². The largest absolute Gasteiger partial charge is 0.451 e. The van der Waals surface area contributed by atoms with Crippen LogP contribution in [0.15, 0.2) is 27.3 Å². The minimum Gasteiger partial charge on any atom is -0.451 e. The minimum absolute atomic E-state index is 0.429. The molecule has 2 aromatic rings. The predicted molar refractivity (Wildman–Crippen MR) is 64.8 cm³/mol. The Labute approximate surface area is 109 Å². The second-order valence-corrected chi connectivity index (χ2v) is 5.89. The monoisotopic (exact) mass is 326 g/mol. The van der Waals surface area contributed by atoms with E-state index in [-0.39, 0.29) is 0 Å². The van der Waals surface area contributed by atoms with E-state index in [0.29, 0.717) is 24.7 Å². The summed E-state index contributed by atoms with van der Waals surface area (Å²) in [5, 5.41) is 9.95. The van der Waals surface area contributed by atoms with Gasteiger partial charge < -0.3 is 9.52 Å². The molecule has 0 aliphatic heterocycles. The zero-order chi connectivity index (χ0) is 11.0. The van der Waals surface area contributed by atoms with Crippen molar-refractivity contribution in [3.63, 3.8) is 0 Å². The maximum absolute atomic E-state index is 9.95. The van der Waals surface area contributed by atoms with Gasteiger partial charge in [-0.2, -0.15) is 0 Å². The molecule has 2 nitrogen and oxygen atoms in total. The van der Waals surface area contributed by atoms with Crippen molar-refractivity contribution >= 4 is 50.5 Å². The lowest BCUT2D eigenvalue weighted by atomic mass is 10.1. The Morgan fingerprint density at radius 3 is 2.60 bits per heavy atom. The summed E-state index contributed by atoms with van der Waals surface area (Å²) in [6.07, 6.45) is -0.882. The molecule has 2 heterocycles. The highest BCUT2D eigenvalue weighted by Crippen LogP contribution is 2.38. The Hall–Kier alpha value is -0.0000000000000000555. The fourth-order valence-electron chi connectivity index (χ4n) is 1.17. The molecule has 1 N–H and O–H groups in total. The summed E-state index contributed by atoms with van der Waals surface area (Å²) in [5.41, 5.74) is 0.563. The average Bonchev–Trinajstić information content (AvgIpc) is 2.71. The average molecular weight is 328 g/mol. The standard InChI is InChI=1S/C9H5BrCl2O2S/c10-6-2-1-5(14-6)8(13)4-3-7(11)15-9(4)12/h1-3,8,13H. The van der Waals surface area contributed by atoms with E-state index in [1.807, 2.05) is 0 Å². The van der Waals surface area contributed by atoms with Crippen LogP contribution in [0.2, 0.25) is 8.67 Å². The Morgan fingerprint density at radius 2 is 2.13 bits per heavy atom. The molecule has 0 aliphatic rings. The highest BCUT2D eigenvalue weighted by atomic mass is 79.9. The second kappa shape index (κ2) is 4.47. The smallest absolute Gasteiger partial charge is 0.169 e. The SMILES string of the molecule is OC(c1ccc(Br)o1)c1cc(Cl)sc1Cl. The number of rotatable bonds is 2. The summed E-state index contributed by atoms with van der Waals surface area (Å²) in [4.78, 5) is 0. The van der Waals surface area contributed by atoms with Crippen molar-refractivity contribution in [2.45, 2.75) is 6.10 Å². The molecule has 0 aliphatic carbocycles. The van der Waals surface area contributed by atoms with Crippen LogP contribution in [-0.2, 0) is 0 Å². The molecule has 1 unspecified atom stereocenters. The molecule has 15 heavy (non-hydrogen) atoms. The van der Waals surface area contributed by atoms with E-state index in [1.54, 1.807) is 18.2 Å². The molecule has 0 saturated carbocycles. The third-order valence-corrected chi connectivity index (χ3v) is 3.79. The summed E-state index contributed by atoms with van der Waals surface area (Å²) in [7, 11) is 0. The van der Waals surface area contributed by atoms with Crippen molar-refractivity contribution < 1.29 is 9.52 Å². The highest BCUT2D eigenvalue weighted by molar-refractivity contribution is 9.10. The van der Waals surface area contributed by atoms with Crippen LogP contribution in [0.25, 0.3) is 0 Å². The molecule has 80 valence electrons. The first kappa shape index (κ1) is 11.5. The summed E-state index contributed by atoms with van der Waals surface area (Å²) < 4.78 is 6.81. The lowest BCUT2D eigenvalue weighted by Gasteiger charge is -2.05. The summed E-state index contributed by atoms with van der Waals surface area (Å²) >= 11 is 16.1. The fraction of sp³-hybridized carbons (Fsp3) is 0.111. The van der Waals surface area contributed by atoms with Crippen molar-refractivity contribution in [3.8, 4) is 0 Å². The van der Waals surface area contributed by atoms with Crippen LogP contribution < -0.4 is 0 Å². The van der Waals surface area contributed by atoms with Crippen LogP contribution in [0, 0.1) is 0 Å². The molecule has 1 atom stereocenters. The predicted octanol–water partition coefficient (Wildman–Crippen LogP) is 4.49. The van der Waals surface area contributed by atoms with Gasteiger partial charge in [0, 0.05) is 5.56 Å². The third kappa shape index (κ3) is 2.40. The molecule has 0 amide bonds. The van der Waals surface area contributed by atoms with E-state index in [1.165, 1.54) is 11.3 Å². The molecule has 2 aromatic heterocycles. The van der Waals surface area contributed by atoms with Gasteiger partial charge >= 0.3 is 0 Å². The van der Waals surface area contributed by atoms with Gasteiger partial charge in [-0.3, -0.25) is 0 Å². The molecule has 6 heteroatoms. The lowest BCUT2D eigenvalue weighted by molar-refractivity contribution is 0.188. The van der Waals surface area contributed by atoms with Gasteiger partial charge in [-0.25, -0.2) is 0 Å². The fourth-order valence-corrected chi connectivity index (χ4v) is 3.01. The molecule has 0 fully saturated rings. The number of halogens is 3. The zero-order valence-corrected chi connectivity index (χ0v) is 11.1. The molecule has 0 radical (unpaired) electrons. The lowest BCUT2D eigenvalue weighted by Crippen LogP contribution is -1.96. The number of aliphatic hydroxyl groups is 1. The zero-order valence-electron chi connectivity index (χ0n) is 7.21. The van der Waals surface area contributed by atoms with Crippen molar-refractivity contribution in [2.24, 2.45) is 0 Å². The number of aliphatic hydroxyl groups excluding tert-OH is 1. The maximum atomic E-state index is 9.95. The van der Waals surface area contributed by atoms with E-state index in [9.17, 15) is 5.11 Å². The van der Waals surface area contributed by atoms with E-state index >= 15 is 0 Å². The van der Waals surface area contributed by atoms with Gasteiger partial charge in [0.25, 0.3) is 0 Å². The molecular formula is C9H5BrCl2O2S. The van der Waals surface area contributed by atoms with Gasteiger partial charge in [0.15, 0.2) is 4.67 Å². The Kier molecular flexibility index (Phi) is 3.42.